The number of nitrogens with one attached hydrogen (secondary N) is 1. The third-order valence-corrected chi connectivity index (χ3v) is 6.71. The molecule has 1 saturated heterocycles. The first-order chi connectivity index (χ1) is 17.0. The van der Waals surface area contributed by atoms with Gasteiger partial charge in [0, 0.05) is 50.1 Å². The van der Waals surface area contributed by atoms with Gasteiger partial charge in [0.1, 0.15) is 11.5 Å². The van der Waals surface area contributed by atoms with E-state index in [-0.39, 0.29) is 35.1 Å². The molecule has 196 valence electrons. The highest BCUT2D eigenvalue weighted by Crippen LogP contribution is 2.29. The Kier molecular flexibility index (Phi) is 7.70. The zero-order valence-corrected chi connectivity index (χ0v) is 21.3. The Morgan fingerprint density at radius 1 is 1.28 bits per heavy atom. The van der Waals surface area contributed by atoms with Gasteiger partial charge in [0.15, 0.2) is 11.4 Å². The lowest BCUT2D eigenvalue weighted by molar-refractivity contribution is 0.0748. The van der Waals surface area contributed by atoms with E-state index in [0.29, 0.717) is 30.5 Å². The summed E-state index contributed by atoms with van der Waals surface area (Å²) < 4.78 is 30.8. The van der Waals surface area contributed by atoms with Gasteiger partial charge >= 0.3 is 0 Å². The number of hydrogen-bond donors (Lipinski definition) is 2. The number of piperidine rings is 1. The Labute approximate surface area is 209 Å². The molecule has 11 heteroatoms. The molecule has 36 heavy (non-hydrogen) atoms. The molecule has 1 aliphatic heterocycles. The molecular weight excluding hydrogens is 468 g/mol. The smallest absolute Gasteiger partial charge is 0.282 e. The molecule has 9 nitrogen and oxygen atoms in total. The summed E-state index contributed by atoms with van der Waals surface area (Å²) in [5.74, 6) is 0.192. The van der Waals surface area contributed by atoms with Gasteiger partial charge in [-0.3, -0.25) is 9.48 Å². The van der Waals surface area contributed by atoms with E-state index in [2.05, 4.69) is 39.2 Å². The van der Waals surface area contributed by atoms with Crippen molar-refractivity contribution in [3.63, 3.8) is 0 Å². The van der Waals surface area contributed by atoms with Gasteiger partial charge in [-0.25, -0.2) is 18.3 Å². The van der Waals surface area contributed by atoms with Crippen molar-refractivity contribution < 1.29 is 18.7 Å². The van der Waals surface area contributed by atoms with Crippen molar-refractivity contribution in [2.45, 2.75) is 77.5 Å². The highest BCUT2D eigenvalue weighted by atomic mass is 19.3. The summed E-state index contributed by atoms with van der Waals surface area (Å²) in [5, 5.41) is 21.4. The first kappa shape index (κ1) is 26.2. The Morgan fingerprint density at radius 2 is 2.00 bits per heavy atom. The number of rotatable bonds is 10. The topological polar surface area (TPSA) is 101 Å². The first-order valence-electron chi connectivity index (χ1n) is 12.5. The van der Waals surface area contributed by atoms with Crippen LogP contribution in [-0.4, -0.2) is 71.4 Å². The molecule has 0 aliphatic carbocycles. The van der Waals surface area contributed by atoms with Crippen LogP contribution in [0.1, 0.15) is 81.0 Å². The lowest BCUT2D eigenvalue weighted by Gasteiger charge is -2.34. The van der Waals surface area contributed by atoms with Crippen molar-refractivity contribution in [2.75, 3.05) is 25.0 Å². The van der Waals surface area contributed by atoms with Crippen molar-refractivity contribution in [1.82, 2.24) is 29.3 Å². The van der Waals surface area contributed by atoms with E-state index in [1.165, 1.54) is 10.7 Å². The monoisotopic (exact) mass is 503 g/mol. The Bertz CT molecular complexity index is 1190. The van der Waals surface area contributed by atoms with Gasteiger partial charge in [0.25, 0.3) is 6.43 Å². The lowest BCUT2D eigenvalue weighted by atomic mass is 10.0. The van der Waals surface area contributed by atoms with E-state index >= 15 is 0 Å². The van der Waals surface area contributed by atoms with E-state index in [4.69, 9.17) is 0 Å². The average molecular weight is 504 g/mol. The second-order valence-corrected chi connectivity index (χ2v) is 10.4. The van der Waals surface area contributed by atoms with Crippen molar-refractivity contribution in [1.29, 1.82) is 0 Å². The quantitative estimate of drug-likeness (QED) is 0.405. The van der Waals surface area contributed by atoms with Crippen molar-refractivity contribution in [2.24, 2.45) is 0 Å². The minimum Gasteiger partial charge on any atom is -0.390 e. The van der Waals surface area contributed by atoms with Crippen molar-refractivity contribution in [3.8, 4) is 0 Å². The summed E-state index contributed by atoms with van der Waals surface area (Å²) in [6, 6.07) is 2.21. The predicted octanol–water partition coefficient (Wildman–Crippen LogP) is 3.91. The van der Waals surface area contributed by atoms with Crippen LogP contribution in [0.4, 0.5) is 14.6 Å². The third kappa shape index (κ3) is 6.07. The van der Waals surface area contributed by atoms with Gasteiger partial charge in [-0.1, -0.05) is 0 Å². The third-order valence-electron chi connectivity index (χ3n) is 6.71. The van der Waals surface area contributed by atoms with Crippen LogP contribution in [0.2, 0.25) is 0 Å². The van der Waals surface area contributed by atoms with E-state index in [9.17, 15) is 18.7 Å². The highest BCUT2D eigenvalue weighted by Gasteiger charge is 2.27. The van der Waals surface area contributed by atoms with E-state index in [1.54, 1.807) is 37.0 Å². The number of nitrogens with zero attached hydrogens (tertiary/aromatic N) is 6. The van der Waals surface area contributed by atoms with Crippen LogP contribution < -0.4 is 5.32 Å². The first-order valence-corrected chi connectivity index (χ1v) is 12.5. The molecule has 4 heterocycles. The Morgan fingerprint density at radius 3 is 2.64 bits per heavy atom. The number of anilines is 1. The molecule has 1 aliphatic rings. The van der Waals surface area contributed by atoms with Crippen LogP contribution >= 0.6 is 0 Å². The van der Waals surface area contributed by atoms with Crippen LogP contribution in [0, 0.1) is 0 Å². The second kappa shape index (κ2) is 10.6. The zero-order chi connectivity index (χ0) is 26.0. The predicted molar refractivity (Wildman–Crippen MR) is 133 cm³/mol. The van der Waals surface area contributed by atoms with Crippen LogP contribution in [0.5, 0.6) is 0 Å². The molecule has 0 radical (unpaired) electrons. The van der Waals surface area contributed by atoms with Crippen LogP contribution in [-0.2, 0) is 6.42 Å². The number of Topliss-reactive ketones (excluding diaryl/α,β-unsaturated/α-hetero) is 1. The minimum absolute atomic E-state index is 0.0394. The molecule has 0 amide bonds. The molecule has 3 aromatic rings. The van der Waals surface area contributed by atoms with Gasteiger partial charge in [-0.2, -0.15) is 10.2 Å². The number of ketones is 1. The number of hydrogen-bond acceptors (Lipinski definition) is 7. The van der Waals surface area contributed by atoms with Crippen LogP contribution in [0.25, 0.3) is 5.65 Å². The SMILES string of the molecule is CC(C)N1CCC(n2cc(CC(=O)c3cnn4ccc(NCCC(C)(C)O)nc34)c(C(F)F)n2)CC1. The maximum absolute atomic E-state index is 13.8. The van der Waals surface area contributed by atoms with Crippen molar-refractivity contribution in [3.05, 3.63) is 41.5 Å². The van der Waals surface area contributed by atoms with E-state index in [0.717, 1.165) is 25.9 Å². The molecular formula is C25H35F2N7O2. The summed E-state index contributed by atoms with van der Waals surface area (Å²) in [6.45, 7) is 10.0. The number of aromatic nitrogens is 5. The molecule has 4 rings (SSSR count). The lowest BCUT2D eigenvalue weighted by Crippen LogP contribution is -2.39. The molecule has 0 atom stereocenters. The molecule has 0 saturated carbocycles. The Hall–Kier alpha value is -2.92. The zero-order valence-electron chi connectivity index (χ0n) is 21.3. The van der Waals surface area contributed by atoms with Gasteiger partial charge in [-0.15, -0.1) is 0 Å². The highest BCUT2D eigenvalue weighted by molar-refractivity contribution is 6.02. The molecule has 1 fully saturated rings. The van der Waals surface area contributed by atoms with Crippen LogP contribution in [0.3, 0.4) is 0 Å². The maximum atomic E-state index is 13.8. The van der Waals surface area contributed by atoms with Crippen LogP contribution in [0.15, 0.2) is 24.7 Å². The molecule has 0 unspecified atom stereocenters. The number of halogens is 2. The molecule has 0 bridgehead atoms. The summed E-state index contributed by atoms with van der Waals surface area (Å²) in [7, 11) is 0. The Balaban J connectivity index is 1.50. The second-order valence-electron chi connectivity index (χ2n) is 10.4. The standard InChI is InChI=1S/C25H35F2N7O2/c1-16(2)32-10-5-18(6-11-32)34-15-17(22(31-34)23(26)27)13-20(35)19-14-29-33-12-7-21(30-24(19)33)28-9-8-25(3,4)36/h7,12,14-16,18,23,36H,5-6,8-11,13H2,1-4H3,(H,28,30). The minimum atomic E-state index is -2.77. The number of carbonyl (C=O) groups excluding carboxylic acids is 1. The van der Waals surface area contributed by atoms with Gasteiger partial charge < -0.3 is 15.3 Å². The van der Waals surface area contributed by atoms with Crippen molar-refractivity contribution >= 4 is 17.2 Å². The van der Waals surface area contributed by atoms with Gasteiger partial charge in [-0.05, 0) is 53.0 Å². The summed E-state index contributed by atoms with van der Waals surface area (Å²) in [5.41, 5.74) is -0.305. The number of aliphatic hydroxyl groups is 1. The fourth-order valence-corrected chi connectivity index (χ4v) is 4.55. The molecule has 0 spiro atoms. The fraction of sp³-hybridized carbons (Fsp3) is 0.600. The summed E-state index contributed by atoms with van der Waals surface area (Å²) in [4.78, 5) is 20.0. The van der Waals surface area contributed by atoms with Gasteiger partial charge in [0.05, 0.1) is 23.4 Å². The number of alkyl halides is 2. The number of fused-ring (bicyclic) bond motifs is 1. The number of carbonyl (C=O) groups is 1. The normalized spacial score (nSPS) is 15.9. The van der Waals surface area contributed by atoms with E-state index in [1.807, 2.05) is 0 Å². The molecule has 2 N–H and O–H groups in total. The number of likely N-dealkylation sites (tertiary alicyclic amines) is 1. The van der Waals surface area contributed by atoms with Gasteiger partial charge in [0.2, 0.25) is 0 Å². The van der Waals surface area contributed by atoms with E-state index < -0.39 is 12.0 Å². The largest absolute Gasteiger partial charge is 0.390 e. The maximum Gasteiger partial charge on any atom is 0.282 e. The average Bonchev–Trinajstić information content (AvgIpc) is 3.42. The fourth-order valence-electron chi connectivity index (χ4n) is 4.55. The summed E-state index contributed by atoms with van der Waals surface area (Å²) >= 11 is 0. The summed E-state index contributed by atoms with van der Waals surface area (Å²) in [6.07, 6.45) is 3.91. The molecule has 3 aromatic heterocycles. The molecule has 0 aromatic carbocycles.